The van der Waals surface area contributed by atoms with Crippen molar-refractivity contribution in [3.63, 3.8) is 0 Å². The molecule has 0 aliphatic heterocycles. The van der Waals surface area contributed by atoms with Crippen LogP contribution in [0.1, 0.15) is 47.2 Å². The zero-order valence-corrected chi connectivity index (χ0v) is 31.4. The largest absolute Gasteiger partial charge is 0.228 e. The second kappa shape index (κ2) is 12.3. The van der Waals surface area contributed by atoms with Crippen molar-refractivity contribution in [1.29, 1.82) is 0 Å². The van der Waals surface area contributed by atoms with Crippen molar-refractivity contribution in [3.05, 3.63) is 228 Å². The van der Waals surface area contributed by atoms with Crippen LogP contribution >= 0.6 is 0 Å². The van der Waals surface area contributed by atoms with Crippen molar-refractivity contribution in [3.8, 4) is 56.2 Å². The Morgan fingerprint density at radius 2 is 0.839 bits per heavy atom. The summed E-state index contributed by atoms with van der Waals surface area (Å²) < 4.78 is 0. The third-order valence-corrected chi connectivity index (χ3v) is 12.4. The summed E-state index contributed by atoms with van der Waals surface area (Å²) >= 11 is 0. The van der Waals surface area contributed by atoms with Crippen molar-refractivity contribution in [2.45, 2.75) is 24.7 Å². The molecular weight excluding hydrogens is 677 g/mol. The molecule has 8 aromatic carbocycles. The van der Waals surface area contributed by atoms with E-state index in [1.54, 1.807) is 0 Å². The Hall–Kier alpha value is -6.90. The van der Waals surface area contributed by atoms with Gasteiger partial charge in [-0.3, -0.25) is 0 Å². The highest BCUT2D eigenvalue weighted by atomic mass is 14.9. The Kier molecular flexibility index (Phi) is 7.15. The van der Waals surface area contributed by atoms with Gasteiger partial charge >= 0.3 is 0 Å². The first kappa shape index (κ1) is 32.5. The van der Waals surface area contributed by atoms with E-state index in [-0.39, 0.29) is 5.41 Å². The first-order chi connectivity index (χ1) is 27.5. The van der Waals surface area contributed by atoms with Gasteiger partial charge in [0, 0.05) is 22.1 Å². The molecule has 1 aromatic heterocycles. The van der Waals surface area contributed by atoms with E-state index in [1.165, 1.54) is 66.4 Å². The molecule has 0 N–H and O–H groups in total. The van der Waals surface area contributed by atoms with Crippen molar-refractivity contribution in [2.24, 2.45) is 0 Å². The standard InChI is InChI=1S/C54H38N2/c1-53(2)45-30-16-27-42(51(45)43-32-36-20-12-13-21-37(36)33-47(43)53)49-34-48(55-52(56-49)35-18-6-3-7-19-35)41-28-17-31-46-50(41)40-26-14-15-29-44(40)54(46,38-22-8-4-9-23-38)39-24-10-5-11-25-39/h3-34H,1-2H3. The normalized spacial score (nSPS) is 14.2. The van der Waals surface area contributed by atoms with Crippen LogP contribution in [0, 0.1) is 0 Å². The van der Waals surface area contributed by atoms with Gasteiger partial charge in [0.25, 0.3) is 0 Å². The number of nitrogens with zero attached hydrogens (tertiary/aromatic N) is 2. The monoisotopic (exact) mass is 714 g/mol. The molecule has 1 heterocycles. The molecule has 264 valence electrons. The number of fused-ring (bicyclic) bond motifs is 7. The number of hydrogen-bond donors (Lipinski definition) is 0. The van der Waals surface area contributed by atoms with Crippen LogP contribution in [0.5, 0.6) is 0 Å². The summed E-state index contributed by atoms with van der Waals surface area (Å²) in [6, 6.07) is 70.6. The maximum absolute atomic E-state index is 5.44. The molecule has 0 atom stereocenters. The van der Waals surface area contributed by atoms with Crippen LogP contribution < -0.4 is 0 Å². The quantitative estimate of drug-likeness (QED) is 0.177. The van der Waals surface area contributed by atoms with Gasteiger partial charge < -0.3 is 0 Å². The fourth-order valence-electron chi connectivity index (χ4n) is 9.83. The molecular formula is C54H38N2. The lowest BCUT2D eigenvalue weighted by atomic mass is 9.67. The van der Waals surface area contributed by atoms with Gasteiger partial charge in [0.2, 0.25) is 0 Å². The van der Waals surface area contributed by atoms with Crippen LogP contribution in [0.25, 0.3) is 66.9 Å². The Morgan fingerprint density at radius 3 is 1.48 bits per heavy atom. The minimum atomic E-state index is -0.499. The molecule has 0 saturated carbocycles. The predicted molar refractivity (Wildman–Crippen MR) is 231 cm³/mol. The van der Waals surface area contributed by atoms with Crippen molar-refractivity contribution >= 4 is 10.8 Å². The number of rotatable bonds is 5. The van der Waals surface area contributed by atoms with Gasteiger partial charge in [-0.15, -0.1) is 0 Å². The van der Waals surface area contributed by atoms with Crippen molar-refractivity contribution in [2.75, 3.05) is 0 Å². The molecule has 56 heavy (non-hydrogen) atoms. The van der Waals surface area contributed by atoms with Gasteiger partial charge in [-0.05, 0) is 84.6 Å². The summed E-state index contributed by atoms with van der Waals surface area (Å²) in [5.74, 6) is 0.716. The van der Waals surface area contributed by atoms with Crippen LogP contribution in [0.4, 0.5) is 0 Å². The molecule has 0 radical (unpaired) electrons. The van der Waals surface area contributed by atoms with E-state index in [0.29, 0.717) is 5.82 Å². The van der Waals surface area contributed by atoms with Crippen molar-refractivity contribution in [1.82, 2.24) is 9.97 Å². The second-order valence-electron chi connectivity index (χ2n) is 15.7. The maximum atomic E-state index is 5.44. The molecule has 2 aliphatic carbocycles. The van der Waals surface area contributed by atoms with Gasteiger partial charge in [-0.25, -0.2) is 9.97 Å². The second-order valence-corrected chi connectivity index (χ2v) is 15.7. The average Bonchev–Trinajstić information content (AvgIpc) is 3.69. The van der Waals surface area contributed by atoms with Crippen LogP contribution in [-0.2, 0) is 10.8 Å². The lowest BCUT2D eigenvalue weighted by Gasteiger charge is -2.33. The van der Waals surface area contributed by atoms with Crippen LogP contribution in [0.15, 0.2) is 194 Å². The van der Waals surface area contributed by atoms with E-state index >= 15 is 0 Å². The summed E-state index contributed by atoms with van der Waals surface area (Å²) in [6.07, 6.45) is 0. The topological polar surface area (TPSA) is 25.8 Å². The molecule has 11 rings (SSSR count). The van der Waals surface area contributed by atoms with Gasteiger partial charge in [0.05, 0.1) is 16.8 Å². The first-order valence-electron chi connectivity index (χ1n) is 19.5. The summed E-state index contributed by atoms with van der Waals surface area (Å²) in [4.78, 5) is 10.8. The average molecular weight is 715 g/mol. The molecule has 0 bridgehead atoms. The van der Waals surface area contributed by atoms with E-state index in [9.17, 15) is 0 Å². The van der Waals surface area contributed by atoms with Crippen molar-refractivity contribution < 1.29 is 0 Å². The highest BCUT2D eigenvalue weighted by molar-refractivity contribution is 6.00. The zero-order chi connectivity index (χ0) is 37.4. The summed E-state index contributed by atoms with van der Waals surface area (Å²) in [6.45, 7) is 4.71. The first-order valence-corrected chi connectivity index (χ1v) is 19.5. The third kappa shape index (κ3) is 4.63. The predicted octanol–water partition coefficient (Wildman–Crippen LogP) is 13.3. The van der Waals surface area contributed by atoms with Crippen LogP contribution in [-0.4, -0.2) is 9.97 Å². The van der Waals surface area contributed by atoms with Crippen LogP contribution in [0.3, 0.4) is 0 Å². The number of aromatic nitrogens is 2. The fraction of sp³-hybridized carbons (Fsp3) is 0.0741. The third-order valence-electron chi connectivity index (χ3n) is 12.4. The number of benzene rings is 8. The molecule has 0 unspecified atom stereocenters. The summed E-state index contributed by atoms with van der Waals surface area (Å²) in [5, 5.41) is 2.52. The molecule has 0 spiro atoms. The van der Waals surface area contributed by atoms with Gasteiger partial charge in [-0.1, -0.05) is 190 Å². The van der Waals surface area contributed by atoms with E-state index in [4.69, 9.17) is 9.97 Å². The molecule has 0 saturated heterocycles. The lowest BCUT2D eigenvalue weighted by Crippen LogP contribution is -2.28. The Labute approximate surface area is 327 Å². The molecule has 0 amide bonds. The summed E-state index contributed by atoms with van der Waals surface area (Å²) in [7, 11) is 0. The maximum Gasteiger partial charge on any atom is 0.160 e. The van der Waals surface area contributed by atoms with Gasteiger partial charge in [0.15, 0.2) is 5.82 Å². The van der Waals surface area contributed by atoms with E-state index in [2.05, 4.69) is 208 Å². The minimum absolute atomic E-state index is 0.162. The van der Waals surface area contributed by atoms with Gasteiger partial charge in [-0.2, -0.15) is 0 Å². The molecule has 2 aliphatic rings. The zero-order valence-electron chi connectivity index (χ0n) is 31.4. The molecule has 0 fully saturated rings. The smallest absolute Gasteiger partial charge is 0.160 e. The lowest BCUT2D eigenvalue weighted by molar-refractivity contribution is 0.661. The van der Waals surface area contributed by atoms with E-state index in [0.717, 1.165) is 28.1 Å². The minimum Gasteiger partial charge on any atom is -0.228 e. The Morgan fingerprint density at radius 1 is 0.357 bits per heavy atom. The fourth-order valence-corrected chi connectivity index (χ4v) is 9.83. The molecule has 2 heteroatoms. The highest BCUT2D eigenvalue weighted by Crippen LogP contribution is 2.58. The SMILES string of the molecule is CC1(C)c2cc3ccccc3cc2-c2c(-c3cc(-c4cccc5c4-c4ccccc4C5(c4ccccc4)c4ccccc4)nc(-c4ccccc4)n3)cccc21. The van der Waals surface area contributed by atoms with E-state index in [1.807, 2.05) is 0 Å². The van der Waals surface area contributed by atoms with Crippen LogP contribution in [0.2, 0.25) is 0 Å². The van der Waals surface area contributed by atoms with E-state index < -0.39 is 5.41 Å². The highest BCUT2D eigenvalue weighted by Gasteiger charge is 2.47. The summed E-state index contributed by atoms with van der Waals surface area (Å²) in [5.41, 5.74) is 17.1. The molecule has 2 nitrogen and oxygen atoms in total. The number of hydrogen-bond acceptors (Lipinski definition) is 2. The Balaban J connectivity index is 1.20. The Bertz CT molecular complexity index is 2940. The van der Waals surface area contributed by atoms with Gasteiger partial charge in [0.1, 0.15) is 0 Å². The molecule has 9 aromatic rings.